The first-order valence-electron chi connectivity index (χ1n) is 8.59. The molecule has 2 heterocycles. The Labute approximate surface area is 178 Å². The number of ether oxygens (including phenoxy) is 1. The summed E-state index contributed by atoms with van der Waals surface area (Å²) in [5, 5.41) is 0.590. The lowest BCUT2D eigenvalue weighted by molar-refractivity contribution is -0.135. The largest absolute Gasteiger partial charge is 0.452 e. The first-order valence-corrected chi connectivity index (χ1v) is 10.8. The standard InChI is InChI=1S/C18H17Cl2N3O5S/c19-14-1-3-15(4-2-14)29(26,27)23-9-7-22(8-10-23)17(24)12-28-18(25)13-5-6-21-16(20)11-13/h1-6,11H,7-10,12H2. The third-order valence-corrected chi connectivity index (χ3v) is 6.70. The van der Waals surface area contributed by atoms with Crippen LogP contribution in [0.1, 0.15) is 10.4 Å². The zero-order chi connectivity index (χ0) is 21.0. The molecule has 0 spiro atoms. The molecule has 1 fully saturated rings. The van der Waals surface area contributed by atoms with Crippen LogP contribution in [-0.4, -0.2) is 67.3 Å². The predicted octanol–water partition coefficient (Wildman–Crippen LogP) is 2.08. The van der Waals surface area contributed by atoms with E-state index in [0.717, 1.165) is 0 Å². The molecule has 154 valence electrons. The van der Waals surface area contributed by atoms with Crippen LogP contribution in [0.4, 0.5) is 0 Å². The maximum Gasteiger partial charge on any atom is 0.338 e. The van der Waals surface area contributed by atoms with Gasteiger partial charge in [-0.15, -0.1) is 0 Å². The second-order valence-electron chi connectivity index (χ2n) is 6.18. The molecule has 0 unspecified atom stereocenters. The lowest BCUT2D eigenvalue weighted by atomic mass is 10.3. The molecule has 0 bridgehead atoms. The monoisotopic (exact) mass is 457 g/mol. The number of carbonyl (C=O) groups is 2. The third kappa shape index (κ3) is 5.24. The van der Waals surface area contributed by atoms with Crippen molar-refractivity contribution in [3.8, 4) is 0 Å². The van der Waals surface area contributed by atoms with Gasteiger partial charge in [0.05, 0.1) is 10.5 Å². The first kappa shape index (κ1) is 21.5. The molecule has 0 atom stereocenters. The number of rotatable bonds is 5. The number of amides is 1. The summed E-state index contributed by atoms with van der Waals surface area (Å²) in [7, 11) is -3.66. The van der Waals surface area contributed by atoms with Gasteiger partial charge in [0.2, 0.25) is 10.0 Å². The molecule has 1 aromatic carbocycles. The highest BCUT2D eigenvalue weighted by atomic mass is 35.5. The molecular weight excluding hydrogens is 441 g/mol. The fraction of sp³-hybridized carbons (Fsp3) is 0.278. The molecule has 1 aromatic heterocycles. The average molecular weight is 458 g/mol. The molecule has 8 nitrogen and oxygen atoms in total. The van der Waals surface area contributed by atoms with Crippen molar-refractivity contribution in [3.63, 3.8) is 0 Å². The Morgan fingerprint density at radius 2 is 1.69 bits per heavy atom. The topological polar surface area (TPSA) is 96.9 Å². The van der Waals surface area contributed by atoms with Crippen molar-refractivity contribution in [3.05, 3.63) is 58.3 Å². The van der Waals surface area contributed by atoms with Gasteiger partial charge in [-0.05, 0) is 36.4 Å². The van der Waals surface area contributed by atoms with Crippen LogP contribution < -0.4 is 0 Å². The summed E-state index contributed by atoms with van der Waals surface area (Å²) in [6.07, 6.45) is 1.36. The number of hydrogen-bond donors (Lipinski definition) is 0. The Kier molecular flexibility index (Phi) is 6.74. The van der Waals surface area contributed by atoms with E-state index < -0.39 is 28.5 Å². The quantitative estimate of drug-likeness (QED) is 0.503. The Balaban J connectivity index is 1.53. The van der Waals surface area contributed by atoms with Gasteiger partial charge in [0.15, 0.2) is 6.61 Å². The Hall–Kier alpha value is -2.20. The molecular formula is C18H17Cl2N3O5S. The molecule has 0 aliphatic carbocycles. The fourth-order valence-electron chi connectivity index (χ4n) is 2.76. The minimum absolute atomic E-state index is 0.142. The van der Waals surface area contributed by atoms with E-state index in [1.807, 2.05) is 0 Å². The molecule has 1 amide bonds. The van der Waals surface area contributed by atoms with E-state index in [0.29, 0.717) is 5.02 Å². The molecule has 11 heteroatoms. The normalized spacial score (nSPS) is 15.2. The van der Waals surface area contributed by atoms with Gasteiger partial charge in [0.1, 0.15) is 5.15 Å². The van der Waals surface area contributed by atoms with Gasteiger partial charge < -0.3 is 9.64 Å². The average Bonchev–Trinajstić information content (AvgIpc) is 2.72. The van der Waals surface area contributed by atoms with Crippen LogP contribution in [0.15, 0.2) is 47.5 Å². The summed E-state index contributed by atoms with van der Waals surface area (Å²) in [5.41, 5.74) is 0.191. The van der Waals surface area contributed by atoms with Crippen molar-refractivity contribution in [1.29, 1.82) is 0 Å². The zero-order valence-corrected chi connectivity index (χ0v) is 17.5. The number of benzene rings is 1. The molecule has 0 radical (unpaired) electrons. The van der Waals surface area contributed by atoms with Crippen molar-refractivity contribution in [1.82, 2.24) is 14.2 Å². The van der Waals surface area contributed by atoms with Gasteiger partial charge in [-0.3, -0.25) is 4.79 Å². The maximum absolute atomic E-state index is 12.7. The zero-order valence-electron chi connectivity index (χ0n) is 15.1. The highest BCUT2D eigenvalue weighted by Gasteiger charge is 2.30. The van der Waals surface area contributed by atoms with Crippen molar-refractivity contribution >= 4 is 45.1 Å². The second-order valence-corrected chi connectivity index (χ2v) is 8.94. The number of hydrogen-bond acceptors (Lipinski definition) is 6. The minimum Gasteiger partial charge on any atom is -0.452 e. The van der Waals surface area contributed by atoms with Crippen LogP contribution in [0.25, 0.3) is 0 Å². The number of nitrogens with zero attached hydrogens (tertiary/aromatic N) is 3. The maximum atomic E-state index is 12.7. The lowest BCUT2D eigenvalue weighted by Gasteiger charge is -2.33. The highest BCUT2D eigenvalue weighted by molar-refractivity contribution is 7.89. The molecule has 0 N–H and O–H groups in total. The van der Waals surface area contributed by atoms with E-state index in [1.165, 1.54) is 51.8 Å². The van der Waals surface area contributed by atoms with Gasteiger partial charge >= 0.3 is 5.97 Å². The predicted molar refractivity (Wildman–Crippen MR) is 106 cm³/mol. The van der Waals surface area contributed by atoms with E-state index in [1.54, 1.807) is 0 Å². The van der Waals surface area contributed by atoms with E-state index in [-0.39, 0.29) is 41.8 Å². The van der Waals surface area contributed by atoms with E-state index >= 15 is 0 Å². The van der Waals surface area contributed by atoms with Gasteiger partial charge in [0.25, 0.3) is 5.91 Å². The van der Waals surface area contributed by atoms with Crippen molar-refractivity contribution in [2.75, 3.05) is 32.8 Å². The molecule has 29 heavy (non-hydrogen) atoms. The molecule has 1 aliphatic rings. The van der Waals surface area contributed by atoms with E-state index in [4.69, 9.17) is 27.9 Å². The number of esters is 1. The Bertz CT molecular complexity index is 1010. The molecule has 0 saturated carbocycles. The number of sulfonamides is 1. The minimum atomic E-state index is -3.66. The van der Waals surface area contributed by atoms with Crippen LogP contribution in [-0.2, 0) is 19.6 Å². The Morgan fingerprint density at radius 1 is 1.03 bits per heavy atom. The summed E-state index contributed by atoms with van der Waals surface area (Å²) >= 11 is 11.5. The SMILES string of the molecule is O=C(OCC(=O)N1CCN(S(=O)(=O)c2ccc(Cl)cc2)CC1)c1ccnc(Cl)c1. The van der Waals surface area contributed by atoms with Crippen LogP contribution in [0.3, 0.4) is 0 Å². The molecule has 1 saturated heterocycles. The summed E-state index contributed by atoms with van der Waals surface area (Å²) < 4.78 is 31.7. The van der Waals surface area contributed by atoms with Gasteiger partial charge in [0, 0.05) is 37.4 Å². The summed E-state index contributed by atoms with van der Waals surface area (Å²) in [6, 6.07) is 8.69. The highest BCUT2D eigenvalue weighted by Crippen LogP contribution is 2.20. The number of pyridine rings is 1. The number of aromatic nitrogens is 1. The van der Waals surface area contributed by atoms with E-state index in [2.05, 4.69) is 4.98 Å². The third-order valence-electron chi connectivity index (χ3n) is 4.33. The van der Waals surface area contributed by atoms with Crippen molar-refractivity contribution < 1.29 is 22.7 Å². The van der Waals surface area contributed by atoms with Crippen LogP contribution in [0.5, 0.6) is 0 Å². The number of carbonyl (C=O) groups excluding carboxylic acids is 2. The lowest BCUT2D eigenvalue weighted by Crippen LogP contribution is -2.51. The smallest absolute Gasteiger partial charge is 0.338 e. The second kappa shape index (κ2) is 9.08. The van der Waals surface area contributed by atoms with E-state index in [9.17, 15) is 18.0 Å². The Morgan fingerprint density at radius 3 is 2.31 bits per heavy atom. The summed E-state index contributed by atoms with van der Waals surface area (Å²) in [5.74, 6) is -1.09. The first-order chi connectivity index (χ1) is 13.8. The van der Waals surface area contributed by atoms with Crippen LogP contribution >= 0.6 is 23.2 Å². The van der Waals surface area contributed by atoms with Crippen molar-refractivity contribution in [2.24, 2.45) is 0 Å². The van der Waals surface area contributed by atoms with Gasteiger partial charge in [-0.2, -0.15) is 4.31 Å². The van der Waals surface area contributed by atoms with Gasteiger partial charge in [-0.25, -0.2) is 18.2 Å². The summed E-state index contributed by atoms with van der Waals surface area (Å²) in [4.78, 5) is 29.6. The van der Waals surface area contributed by atoms with Crippen LogP contribution in [0.2, 0.25) is 10.2 Å². The summed E-state index contributed by atoms with van der Waals surface area (Å²) in [6.45, 7) is 0.243. The van der Waals surface area contributed by atoms with Crippen molar-refractivity contribution in [2.45, 2.75) is 4.90 Å². The molecule has 2 aromatic rings. The fourth-order valence-corrected chi connectivity index (χ4v) is 4.49. The molecule has 1 aliphatic heterocycles. The number of halogens is 2. The van der Waals surface area contributed by atoms with Crippen LogP contribution in [0, 0.1) is 0 Å². The molecule has 3 rings (SSSR count). The number of piperazine rings is 1. The van der Waals surface area contributed by atoms with Gasteiger partial charge in [-0.1, -0.05) is 23.2 Å².